The average molecular weight is 337 g/mol. The molecular formula is C23H27FN+. The van der Waals surface area contributed by atoms with E-state index >= 15 is 0 Å². The van der Waals surface area contributed by atoms with Gasteiger partial charge in [0.2, 0.25) is 5.69 Å². The van der Waals surface area contributed by atoms with Gasteiger partial charge in [-0.1, -0.05) is 26.0 Å². The van der Waals surface area contributed by atoms with Gasteiger partial charge in [0, 0.05) is 13.0 Å². The van der Waals surface area contributed by atoms with Crippen molar-refractivity contribution in [1.82, 2.24) is 0 Å². The van der Waals surface area contributed by atoms with E-state index in [0.717, 1.165) is 33.3 Å². The van der Waals surface area contributed by atoms with Crippen LogP contribution in [0.2, 0.25) is 0 Å². The van der Waals surface area contributed by atoms with Crippen LogP contribution in [0.25, 0.3) is 22.0 Å². The highest BCUT2D eigenvalue weighted by atomic mass is 19.1. The van der Waals surface area contributed by atoms with Crippen molar-refractivity contribution in [3.8, 4) is 11.3 Å². The Bertz CT molecular complexity index is 1030. The average Bonchev–Trinajstić information content (AvgIpc) is 2.61. The number of nitrogens with zero attached hydrogens (tertiary/aromatic N) is 1. The minimum Gasteiger partial charge on any atom is -0.206 e. The van der Waals surface area contributed by atoms with Gasteiger partial charge in [-0.15, -0.1) is 0 Å². The van der Waals surface area contributed by atoms with Crippen LogP contribution in [0.4, 0.5) is 4.39 Å². The molecule has 0 radical (unpaired) electrons. The second-order valence-electron chi connectivity index (χ2n) is 7.35. The van der Waals surface area contributed by atoms with Crippen LogP contribution in [-0.2, 0) is 7.05 Å². The fraction of sp³-hybridized carbons (Fsp3) is 0.348. The fourth-order valence-corrected chi connectivity index (χ4v) is 3.62. The molecule has 130 valence electrons. The predicted molar refractivity (Wildman–Crippen MR) is 104 cm³/mol. The Kier molecular flexibility index (Phi) is 4.07. The molecule has 0 bridgehead atoms. The fourth-order valence-electron chi connectivity index (χ4n) is 3.62. The molecule has 0 aliphatic carbocycles. The van der Waals surface area contributed by atoms with E-state index in [-0.39, 0.29) is 5.82 Å². The van der Waals surface area contributed by atoms with Gasteiger partial charge in [0.25, 0.3) is 0 Å². The molecule has 0 atom stereocenters. The summed E-state index contributed by atoms with van der Waals surface area (Å²) in [5.41, 5.74) is 6.50. The Labute approximate surface area is 151 Å². The first-order valence-corrected chi connectivity index (χ1v) is 8.85. The number of aryl methyl sites for hydroxylation is 1. The number of hydrogen-bond acceptors (Lipinski definition) is 0. The highest BCUT2D eigenvalue weighted by molar-refractivity contribution is 5.96. The van der Waals surface area contributed by atoms with Gasteiger partial charge in [-0.05, 0) is 66.5 Å². The zero-order valence-corrected chi connectivity index (χ0v) is 16.2. The molecule has 2 aromatic carbocycles. The Morgan fingerprint density at radius 2 is 1.72 bits per heavy atom. The van der Waals surface area contributed by atoms with Crippen molar-refractivity contribution in [2.75, 3.05) is 0 Å². The minimum atomic E-state index is -0.130. The number of benzene rings is 2. The highest BCUT2D eigenvalue weighted by Gasteiger charge is 2.23. The van der Waals surface area contributed by atoms with Gasteiger partial charge in [0.15, 0.2) is 5.69 Å². The van der Waals surface area contributed by atoms with Crippen molar-refractivity contribution >= 4 is 10.8 Å². The Hall–Kier alpha value is -2.22. The number of aromatic nitrogens is 1. The summed E-state index contributed by atoms with van der Waals surface area (Å²) in [6, 6.07) is 8.78. The van der Waals surface area contributed by atoms with Gasteiger partial charge in [-0.3, -0.25) is 0 Å². The first-order chi connectivity index (χ1) is 12.2. The van der Waals surface area contributed by atoms with E-state index in [9.17, 15) is 4.39 Å². The smallest absolute Gasteiger partial charge is 0.206 e. The third-order valence-electron chi connectivity index (χ3n) is 5.38. The molecule has 0 unspecified atom stereocenters. The van der Waals surface area contributed by atoms with E-state index in [1.54, 1.807) is 0 Å². The molecule has 0 amide bonds. The molecule has 3 aromatic rings. The summed E-state index contributed by atoms with van der Waals surface area (Å²) in [6.45, 7) is 11.9. The molecule has 0 saturated carbocycles. The van der Waals surface area contributed by atoms with E-state index < -0.39 is 0 Å². The van der Waals surface area contributed by atoms with Gasteiger partial charge in [-0.25, -0.2) is 4.39 Å². The topological polar surface area (TPSA) is 3.88 Å². The van der Waals surface area contributed by atoms with Crippen LogP contribution in [0.3, 0.4) is 0 Å². The number of fused-ring (bicyclic) bond motifs is 1. The van der Waals surface area contributed by atoms with Crippen molar-refractivity contribution in [3.63, 3.8) is 0 Å². The largest absolute Gasteiger partial charge is 0.220 e. The third kappa shape index (κ3) is 2.74. The standard InChI is InChI=1S/C23H27FN/c1-13(2)18-9-8-10-19-21(18)12-15(4)25(7)23(19)20-11-14(3)22(24)17(6)16(20)5/h8-13H,1-7H3/q+1/i12D. The Morgan fingerprint density at radius 3 is 2.36 bits per heavy atom. The summed E-state index contributed by atoms with van der Waals surface area (Å²) in [6.07, 6.45) is 0. The van der Waals surface area contributed by atoms with Gasteiger partial charge in [0.1, 0.15) is 12.9 Å². The molecular weight excluding hydrogens is 309 g/mol. The van der Waals surface area contributed by atoms with E-state index in [0.29, 0.717) is 23.1 Å². The summed E-state index contributed by atoms with van der Waals surface area (Å²) in [5, 5.41) is 2.06. The molecule has 1 heterocycles. The predicted octanol–water partition coefficient (Wildman–Crippen LogP) is 5.83. The molecule has 0 spiro atoms. The Balaban J connectivity index is 2.55. The molecule has 3 rings (SSSR count). The van der Waals surface area contributed by atoms with Crippen molar-refractivity contribution in [2.24, 2.45) is 7.05 Å². The first-order valence-electron chi connectivity index (χ1n) is 9.35. The molecule has 0 N–H and O–H groups in total. The lowest BCUT2D eigenvalue weighted by Crippen LogP contribution is -2.35. The van der Waals surface area contributed by atoms with E-state index in [2.05, 4.69) is 36.6 Å². The maximum atomic E-state index is 14.4. The summed E-state index contributed by atoms with van der Waals surface area (Å²) < 4.78 is 25.2. The maximum absolute atomic E-state index is 14.4. The number of pyridine rings is 1. The molecule has 1 nitrogen and oxygen atoms in total. The zero-order valence-electron chi connectivity index (χ0n) is 17.2. The number of rotatable bonds is 2. The van der Waals surface area contributed by atoms with Crippen LogP contribution in [0, 0.1) is 33.5 Å². The second kappa shape index (κ2) is 6.25. The lowest BCUT2D eigenvalue weighted by molar-refractivity contribution is -0.665. The van der Waals surface area contributed by atoms with E-state index in [1.807, 2.05) is 40.8 Å². The van der Waals surface area contributed by atoms with E-state index in [1.165, 1.54) is 5.56 Å². The van der Waals surface area contributed by atoms with Crippen molar-refractivity contribution in [2.45, 2.75) is 47.5 Å². The molecule has 25 heavy (non-hydrogen) atoms. The van der Waals surface area contributed by atoms with Gasteiger partial charge >= 0.3 is 0 Å². The first kappa shape index (κ1) is 16.3. The van der Waals surface area contributed by atoms with Gasteiger partial charge in [0.05, 0.1) is 12.3 Å². The molecule has 2 heteroatoms. The van der Waals surface area contributed by atoms with Crippen LogP contribution in [0.1, 0.15) is 49.1 Å². The molecule has 0 aliphatic rings. The van der Waals surface area contributed by atoms with Crippen molar-refractivity contribution in [1.29, 1.82) is 0 Å². The van der Waals surface area contributed by atoms with Crippen molar-refractivity contribution < 1.29 is 10.3 Å². The number of halogens is 1. The maximum Gasteiger partial charge on any atom is 0.220 e. The minimum absolute atomic E-state index is 0.130. The molecule has 1 aromatic heterocycles. The molecule has 0 aliphatic heterocycles. The lowest BCUT2D eigenvalue weighted by atomic mass is 9.90. The molecule has 0 fully saturated rings. The number of hydrogen-bond donors (Lipinski definition) is 0. The summed E-state index contributed by atoms with van der Waals surface area (Å²) in [7, 11) is 2.00. The normalized spacial score (nSPS) is 12.1. The monoisotopic (exact) mass is 337 g/mol. The van der Waals surface area contributed by atoms with Crippen LogP contribution in [0.5, 0.6) is 0 Å². The highest BCUT2D eigenvalue weighted by Crippen LogP contribution is 2.35. The van der Waals surface area contributed by atoms with Gasteiger partial charge < -0.3 is 0 Å². The summed E-state index contributed by atoms with van der Waals surface area (Å²) in [4.78, 5) is 0. The van der Waals surface area contributed by atoms with Crippen LogP contribution < -0.4 is 4.57 Å². The van der Waals surface area contributed by atoms with Crippen LogP contribution in [-0.4, -0.2) is 0 Å². The van der Waals surface area contributed by atoms with Crippen LogP contribution in [0.15, 0.2) is 30.3 Å². The van der Waals surface area contributed by atoms with Crippen molar-refractivity contribution in [3.05, 3.63) is 64.1 Å². The molecule has 0 saturated heterocycles. The zero-order chi connectivity index (χ0) is 19.3. The van der Waals surface area contributed by atoms with E-state index in [4.69, 9.17) is 1.37 Å². The SMILES string of the molecule is [2H]c1c(C)[n+](C)c(-c2cc(C)c(F)c(C)c2C)c2cccc(C(C)C)c12. The second-order valence-corrected chi connectivity index (χ2v) is 7.35. The van der Waals surface area contributed by atoms with Crippen LogP contribution >= 0.6 is 0 Å². The lowest BCUT2D eigenvalue weighted by Gasteiger charge is -2.16. The van der Waals surface area contributed by atoms with Gasteiger partial charge in [-0.2, -0.15) is 4.57 Å². The summed E-state index contributed by atoms with van der Waals surface area (Å²) >= 11 is 0. The quantitative estimate of drug-likeness (QED) is 0.518. The summed E-state index contributed by atoms with van der Waals surface area (Å²) in [5.74, 6) is 0.204. The third-order valence-corrected chi connectivity index (χ3v) is 5.38. The Morgan fingerprint density at radius 1 is 1.04 bits per heavy atom.